The first-order chi connectivity index (χ1) is 8.79. The molecule has 2 bridgehead atoms. The van der Waals surface area contributed by atoms with E-state index in [2.05, 4.69) is 34.7 Å². The summed E-state index contributed by atoms with van der Waals surface area (Å²) in [5.41, 5.74) is 0. The fourth-order valence-corrected chi connectivity index (χ4v) is 3.04. The Kier molecular flexibility index (Phi) is 3.30. The molecule has 2 fully saturated rings. The Balaban J connectivity index is 1.75. The fraction of sp³-hybridized carbons (Fsp3) is 0.917. The number of nitrogens with one attached hydrogen (secondary N) is 1. The average molecular weight is 251 g/mol. The van der Waals surface area contributed by atoms with Gasteiger partial charge in [-0.05, 0) is 49.6 Å². The Bertz CT molecular complexity index is 407. The van der Waals surface area contributed by atoms with Crippen LogP contribution in [0.4, 0.5) is 0 Å². The number of tetrazole rings is 1. The minimum atomic E-state index is 0.194. The van der Waals surface area contributed by atoms with Gasteiger partial charge in [-0.25, -0.2) is 4.68 Å². The third-order valence-electron chi connectivity index (χ3n) is 3.99. The van der Waals surface area contributed by atoms with Gasteiger partial charge in [0.05, 0.1) is 24.3 Å². The highest BCUT2D eigenvalue weighted by molar-refractivity contribution is 4.99. The summed E-state index contributed by atoms with van der Waals surface area (Å²) in [6, 6.07) is 0.527. The molecule has 0 saturated carbocycles. The highest BCUT2D eigenvalue weighted by Gasteiger charge is 2.43. The summed E-state index contributed by atoms with van der Waals surface area (Å²) in [7, 11) is 0. The topological polar surface area (TPSA) is 64.9 Å². The van der Waals surface area contributed by atoms with E-state index in [1.165, 1.54) is 6.42 Å². The lowest BCUT2D eigenvalue weighted by molar-refractivity contribution is 0.0912. The molecule has 0 spiro atoms. The maximum absolute atomic E-state index is 5.89. The van der Waals surface area contributed by atoms with Crippen LogP contribution in [0, 0.1) is 0 Å². The van der Waals surface area contributed by atoms with Crippen molar-refractivity contribution in [1.82, 2.24) is 25.5 Å². The second kappa shape index (κ2) is 4.93. The minimum Gasteiger partial charge on any atom is -0.373 e. The molecule has 1 aromatic rings. The molecule has 18 heavy (non-hydrogen) atoms. The molecule has 6 nitrogen and oxygen atoms in total. The molecule has 0 amide bonds. The maximum atomic E-state index is 5.89. The van der Waals surface area contributed by atoms with Gasteiger partial charge in [0.15, 0.2) is 5.82 Å². The number of hydrogen-bond donors (Lipinski definition) is 1. The molecule has 2 saturated heterocycles. The van der Waals surface area contributed by atoms with Crippen molar-refractivity contribution in [1.29, 1.82) is 0 Å². The number of hydrogen-bond acceptors (Lipinski definition) is 5. The van der Waals surface area contributed by atoms with Crippen molar-refractivity contribution < 1.29 is 4.74 Å². The van der Waals surface area contributed by atoms with Crippen molar-refractivity contribution in [3.63, 3.8) is 0 Å². The molecule has 0 radical (unpaired) electrons. The van der Waals surface area contributed by atoms with E-state index in [-0.39, 0.29) is 6.04 Å². The first kappa shape index (κ1) is 12.0. The lowest BCUT2D eigenvalue weighted by Gasteiger charge is -2.21. The van der Waals surface area contributed by atoms with E-state index >= 15 is 0 Å². The van der Waals surface area contributed by atoms with Gasteiger partial charge in [0.25, 0.3) is 0 Å². The highest BCUT2D eigenvalue weighted by atomic mass is 16.5. The van der Waals surface area contributed by atoms with Crippen molar-refractivity contribution in [3.8, 4) is 0 Å². The van der Waals surface area contributed by atoms with Crippen molar-refractivity contribution in [2.75, 3.05) is 6.54 Å². The lowest BCUT2D eigenvalue weighted by Crippen LogP contribution is -2.28. The van der Waals surface area contributed by atoms with Crippen molar-refractivity contribution >= 4 is 0 Å². The van der Waals surface area contributed by atoms with Gasteiger partial charge >= 0.3 is 0 Å². The van der Waals surface area contributed by atoms with E-state index in [0.29, 0.717) is 18.2 Å². The summed E-state index contributed by atoms with van der Waals surface area (Å²) in [5, 5.41) is 15.6. The second-order valence-electron chi connectivity index (χ2n) is 5.33. The molecule has 6 heteroatoms. The molecular weight excluding hydrogens is 230 g/mol. The van der Waals surface area contributed by atoms with E-state index in [1.807, 2.05) is 4.68 Å². The fourth-order valence-electron chi connectivity index (χ4n) is 3.04. The summed E-state index contributed by atoms with van der Waals surface area (Å²) < 4.78 is 7.87. The van der Waals surface area contributed by atoms with Crippen LogP contribution in [0.1, 0.15) is 57.4 Å². The number of rotatable bonds is 5. The molecule has 2 aliphatic heterocycles. The van der Waals surface area contributed by atoms with E-state index in [9.17, 15) is 0 Å². The molecule has 100 valence electrons. The first-order valence-electron chi connectivity index (χ1n) is 6.96. The van der Waals surface area contributed by atoms with E-state index in [1.54, 1.807) is 0 Å². The van der Waals surface area contributed by atoms with Crippen LogP contribution in [-0.2, 0) is 4.74 Å². The SMILES string of the molecule is CCCNC(C)c1nnnn1C1CC2CCC1O2. The van der Waals surface area contributed by atoms with Gasteiger partial charge in [-0.15, -0.1) is 5.10 Å². The zero-order chi connectivity index (χ0) is 12.5. The van der Waals surface area contributed by atoms with Crippen LogP contribution in [0.5, 0.6) is 0 Å². The molecule has 3 rings (SSSR count). The van der Waals surface area contributed by atoms with Gasteiger partial charge in [0.2, 0.25) is 0 Å². The summed E-state index contributed by atoms with van der Waals surface area (Å²) in [5.74, 6) is 0.935. The smallest absolute Gasteiger partial charge is 0.168 e. The Morgan fingerprint density at radius 1 is 1.50 bits per heavy atom. The zero-order valence-electron chi connectivity index (χ0n) is 11.0. The molecular formula is C12H21N5O. The molecule has 0 aromatic carbocycles. The first-order valence-corrected chi connectivity index (χ1v) is 6.96. The number of ether oxygens (including phenoxy) is 1. The van der Waals surface area contributed by atoms with E-state index in [0.717, 1.165) is 31.6 Å². The molecule has 4 unspecified atom stereocenters. The molecule has 3 heterocycles. The molecule has 0 aliphatic carbocycles. The van der Waals surface area contributed by atoms with Crippen LogP contribution in [0.2, 0.25) is 0 Å². The van der Waals surface area contributed by atoms with Crippen LogP contribution in [0.25, 0.3) is 0 Å². The van der Waals surface area contributed by atoms with Gasteiger partial charge < -0.3 is 10.1 Å². The Labute approximate surface area is 107 Å². The van der Waals surface area contributed by atoms with Crippen molar-refractivity contribution in [3.05, 3.63) is 5.82 Å². The zero-order valence-corrected chi connectivity index (χ0v) is 11.0. The van der Waals surface area contributed by atoms with Gasteiger partial charge in [-0.3, -0.25) is 0 Å². The van der Waals surface area contributed by atoms with Crippen LogP contribution in [0.3, 0.4) is 0 Å². The lowest BCUT2D eigenvalue weighted by atomic mass is 9.95. The predicted molar refractivity (Wildman–Crippen MR) is 66.1 cm³/mol. The number of nitrogens with zero attached hydrogens (tertiary/aromatic N) is 4. The van der Waals surface area contributed by atoms with Crippen LogP contribution >= 0.6 is 0 Å². The summed E-state index contributed by atoms with van der Waals surface area (Å²) >= 11 is 0. The third kappa shape index (κ3) is 2.03. The number of aromatic nitrogens is 4. The van der Waals surface area contributed by atoms with E-state index in [4.69, 9.17) is 4.74 Å². The Morgan fingerprint density at radius 3 is 3.06 bits per heavy atom. The van der Waals surface area contributed by atoms with Gasteiger partial charge in [0.1, 0.15) is 0 Å². The summed E-state index contributed by atoms with van der Waals surface area (Å²) in [6.45, 7) is 5.26. The Morgan fingerprint density at radius 2 is 2.39 bits per heavy atom. The quantitative estimate of drug-likeness (QED) is 0.852. The Hall–Kier alpha value is -1.01. The molecule has 2 aliphatic rings. The van der Waals surface area contributed by atoms with Crippen molar-refractivity contribution in [2.45, 2.75) is 63.8 Å². The van der Waals surface area contributed by atoms with Crippen LogP contribution in [-0.4, -0.2) is 39.0 Å². The van der Waals surface area contributed by atoms with Gasteiger partial charge in [-0.1, -0.05) is 6.92 Å². The molecule has 1 N–H and O–H groups in total. The summed E-state index contributed by atoms with van der Waals surface area (Å²) in [4.78, 5) is 0. The van der Waals surface area contributed by atoms with E-state index < -0.39 is 0 Å². The van der Waals surface area contributed by atoms with Crippen LogP contribution in [0.15, 0.2) is 0 Å². The number of fused-ring (bicyclic) bond motifs is 2. The maximum Gasteiger partial charge on any atom is 0.168 e. The normalized spacial score (nSPS) is 32.0. The summed E-state index contributed by atoms with van der Waals surface area (Å²) in [6.07, 6.45) is 5.26. The highest BCUT2D eigenvalue weighted by Crippen LogP contribution is 2.41. The predicted octanol–water partition coefficient (Wildman–Crippen LogP) is 1.23. The minimum absolute atomic E-state index is 0.194. The second-order valence-corrected chi connectivity index (χ2v) is 5.33. The largest absolute Gasteiger partial charge is 0.373 e. The van der Waals surface area contributed by atoms with Gasteiger partial charge in [-0.2, -0.15) is 0 Å². The van der Waals surface area contributed by atoms with Gasteiger partial charge in [0, 0.05) is 0 Å². The average Bonchev–Trinajstić information content (AvgIpc) is 3.09. The van der Waals surface area contributed by atoms with Crippen molar-refractivity contribution in [2.24, 2.45) is 0 Å². The molecule has 4 atom stereocenters. The monoisotopic (exact) mass is 251 g/mol. The van der Waals surface area contributed by atoms with Crippen LogP contribution < -0.4 is 5.32 Å². The standard InChI is InChI=1S/C12H21N5O/c1-3-6-13-8(2)12-14-15-16-17(12)10-7-9-4-5-11(10)18-9/h8-11,13H,3-7H2,1-2H3. The molecule has 1 aromatic heterocycles. The third-order valence-corrected chi connectivity index (χ3v) is 3.99.